The van der Waals surface area contributed by atoms with Crippen molar-refractivity contribution >= 4 is 40.7 Å². The SMILES string of the molecule is Brc1cccc(CNC2CN3CCC2CC3)c1.Cl.Cl. The topological polar surface area (TPSA) is 15.3 Å². The highest BCUT2D eigenvalue weighted by atomic mass is 79.9. The molecule has 0 aliphatic carbocycles. The molecule has 3 heterocycles. The Morgan fingerprint density at radius 2 is 1.95 bits per heavy atom. The standard InChI is InChI=1S/C14H19BrN2.2ClH/c15-13-3-1-2-11(8-13)9-16-14-10-17-6-4-12(14)5-7-17;;/h1-3,8,12,14,16H,4-7,9-10H2;2*1H. The van der Waals surface area contributed by atoms with Gasteiger partial charge in [-0.2, -0.15) is 0 Å². The lowest BCUT2D eigenvalue weighted by Gasteiger charge is -2.45. The summed E-state index contributed by atoms with van der Waals surface area (Å²) in [6.07, 6.45) is 2.77. The van der Waals surface area contributed by atoms with Crippen molar-refractivity contribution in [3.05, 3.63) is 34.3 Å². The number of benzene rings is 1. The van der Waals surface area contributed by atoms with E-state index in [1.807, 2.05) is 0 Å². The van der Waals surface area contributed by atoms with E-state index in [1.54, 1.807) is 0 Å². The number of nitrogens with one attached hydrogen (secondary N) is 1. The van der Waals surface area contributed by atoms with Crippen LogP contribution in [-0.4, -0.2) is 30.6 Å². The summed E-state index contributed by atoms with van der Waals surface area (Å²) in [5.41, 5.74) is 1.37. The number of nitrogens with zero attached hydrogens (tertiary/aromatic N) is 1. The molecule has 3 aliphatic heterocycles. The number of halogens is 3. The fraction of sp³-hybridized carbons (Fsp3) is 0.571. The first-order valence-electron chi connectivity index (χ1n) is 6.51. The Hall–Kier alpha value is 0.200. The third kappa shape index (κ3) is 4.33. The second kappa shape index (κ2) is 7.84. The van der Waals surface area contributed by atoms with Gasteiger partial charge in [0.2, 0.25) is 0 Å². The number of piperidine rings is 3. The molecule has 2 bridgehead atoms. The number of rotatable bonds is 3. The summed E-state index contributed by atoms with van der Waals surface area (Å²) in [5.74, 6) is 0.909. The van der Waals surface area contributed by atoms with Crippen molar-refractivity contribution in [3.63, 3.8) is 0 Å². The van der Waals surface area contributed by atoms with Crippen LogP contribution in [0.5, 0.6) is 0 Å². The van der Waals surface area contributed by atoms with Crippen molar-refractivity contribution in [2.24, 2.45) is 5.92 Å². The van der Waals surface area contributed by atoms with Gasteiger partial charge in [0.1, 0.15) is 0 Å². The van der Waals surface area contributed by atoms with Gasteiger partial charge in [-0.15, -0.1) is 24.8 Å². The van der Waals surface area contributed by atoms with Crippen LogP contribution in [0.4, 0.5) is 0 Å². The van der Waals surface area contributed by atoms with E-state index < -0.39 is 0 Å². The van der Waals surface area contributed by atoms with Gasteiger partial charge in [-0.1, -0.05) is 28.1 Å². The molecule has 108 valence electrons. The van der Waals surface area contributed by atoms with Crippen molar-refractivity contribution in [2.75, 3.05) is 19.6 Å². The maximum absolute atomic E-state index is 3.73. The zero-order valence-corrected chi connectivity index (χ0v) is 14.1. The largest absolute Gasteiger partial charge is 0.308 e. The van der Waals surface area contributed by atoms with E-state index in [9.17, 15) is 0 Å². The van der Waals surface area contributed by atoms with Gasteiger partial charge in [-0.3, -0.25) is 0 Å². The Kier molecular flexibility index (Phi) is 7.12. The quantitative estimate of drug-likeness (QED) is 0.879. The summed E-state index contributed by atoms with van der Waals surface area (Å²) in [7, 11) is 0. The van der Waals surface area contributed by atoms with Crippen molar-refractivity contribution in [2.45, 2.75) is 25.4 Å². The van der Waals surface area contributed by atoms with Gasteiger partial charge in [-0.05, 0) is 49.5 Å². The predicted molar refractivity (Wildman–Crippen MR) is 88.4 cm³/mol. The molecule has 1 aromatic rings. The van der Waals surface area contributed by atoms with E-state index in [2.05, 4.69) is 50.4 Å². The molecule has 3 aliphatic rings. The van der Waals surface area contributed by atoms with Crippen molar-refractivity contribution in [1.82, 2.24) is 10.2 Å². The van der Waals surface area contributed by atoms with Crippen LogP contribution in [-0.2, 0) is 6.54 Å². The number of fused-ring (bicyclic) bond motifs is 3. The van der Waals surface area contributed by atoms with Gasteiger partial charge in [0.15, 0.2) is 0 Å². The van der Waals surface area contributed by atoms with E-state index in [-0.39, 0.29) is 24.8 Å². The molecule has 1 atom stereocenters. The third-order valence-electron chi connectivity index (χ3n) is 4.11. The van der Waals surface area contributed by atoms with Crippen LogP contribution >= 0.6 is 40.7 Å². The van der Waals surface area contributed by atoms with Crippen molar-refractivity contribution in [3.8, 4) is 0 Å². The van der Waals surface area contributed by atoms with Gasteiger partial charge in [0, 0.05) is 23.6 Å². The molecule has 4 rings (SSSR count). The molecule has 0 amide bonds. The van der Waals surface area contributed by atoms with E-state index >= 15 is 0 Å². The van der Waals surface area contributed by atoms with E-state index in [0.29, 0.717) is 6.04 Å². The molecule has 2 nitrogen and oxygen atoms in total. The highest BCUT2D eigenvalue weighted by Crippen LogP contribution is 2.27. The van der Waals surface area contributed by atoms with Gasteiger partial charge in [0.25, 0.3) is 0 Å². The zero-order chi connectivity index (χ0) is 11.7. The summed E-state index contributed by atoms with van der Waals surface area (Å²) in [6, 6.07) is 9.29. The molecule has 0 radical (unpaired) electrons. The number of hydrogen-bond donors (Lipinski definition) is 1. The normalized spacial score (nSPS) is 28.4. The lowest BCUT2D eigenvalue weighted by atomic mass is 9.84. The van der Waals surface area contributed by atoms with Crippen molar-refractivity contribution < 1.29 is 0 Å². The summed E-state index contributed by atoms with van der Waals surface area (Å²) < 4.78 is 1.17. The van der Waals surface area contributed by atoms with E-state index in [4.69, 9.17) is 0 Å². The Morgan fingerprint density at radius 3 is 2.53 bits per heavy atom. The van der Waals surface area contributed by atoms with Crippen molar-refractivity contribution in [1.29, 1.82) is 0 Å². The van der Waals surface area contributed by atoms with Gasteiger partial charge in [0.05, 0.1) is 0 Å². The Bertz CT molecular complexity index is 395. The summed E-state index contributed by atoms with van der Waals surface area (Å²) in [6.45, 7) is 4.88. The van der Waals surface area contributed by atoms with Gasteiger partial charge >= 0.3 is 0 Å². The Balaban J connectivity index is 0.000000902. The molecular weight excluding hydrogens is 347 g/mol. The fourth-order valence-corrected chi connectivity index (χ4v) is 3.54. The zero-order valence-electron chi connectivity index (χ0n) is 10.8. The first-order valence-corrected chi connectivity index (χ1v) is 7.31. The first-order chi connectivity index (χ1) is 8.31. The van der Waals surface area contributed by atoms with Crippen LogP contribution in [0.2, 0.25) is 0 Å². The molecule has 3 saturated heterocycles. The van der Waals surface area contributed by atoms with E-state index in [0.717, 1.165) is 12.5 Å². The number of hydrogen-bond acceptors (Lipinski definition) is 2. The molecule has 1 aromatic carbocycles. The molecule has 19 heavy (non-hydrogen) atoms. The predicted octanol–water partition coefficient (Wildman–Crippen LogP) is 3.48. The Morgan fingerprint density at radius 1 is 1.21 bits per heavy atom. The summed E-state index contributed by atoms with van der Waals surface area (Å²) in [5, 5.41) is 3.73. The minimum atomic E-state index is 0. The Labute approximate surface area is 136 Å². The van der Waals surface area contributed by atoms with Gasteiger partial charge < -0.3 is 10.2 Å². The minimum absolute atomic E-state index is 0. The molecule has 1 unspecified atom stereocenters. The minimum Gasteiger partial charge on any atom is -0.308 e. The third-order valence-corrected chi connectivity index (χ3v) is 4.61. The van der Waals surface area contributed by atoms with Crippen LogP contribution in [0.3, 0.4) is 0 Å². The van der Waals surface area contributed by atoms with Crippen LogP contribution < -0.4 is 5.32 Å². The molecule has 5 heteroatoms. The smallest absolute Gasteiger partial charge is 0.0227 e. The lowest BCUT2D eigenvalue weighted by Crippen LogP contribution is -2.55. The molecular formula is C14H21BrCl2N2. The highest BCUT2D eigenvalue weighted by molar-refractivity contribution is 9.10. The average molecular weight is 368 g/mol. The van der Waals surface area contributed by atoms with Gasteiger partial charge in [-0.25, -0.2) is 0 Å². The fourth-order valence-electron chi connectivity index (χ4n) is 3.09. The molecule has 1 N–H and O–H groups in total. The maximum atomic E-state index is 3.73. The molecule has 3 fully saturated rings. The van der Waals surface area contributed by atoms with Crippen LogP contribution in [0.1, 0.15) is 18.4 Å². The monoisotopic (exact) mass is 366 g/mol. The summed E-state index contributed by atoms with van der Waals surface area (Å²) in [4.78, 5) is 2.60. The van der Waals surface area contributed by atoms with Crippen LogP contribution in [0.25, 0.3) is 0 Å². The molecule has 0 saturated carbocycles. The second-order valence-corrected chi connectivity index (χ2v) is 6.17. The highest BCUT2D eigenvalue weighted by Gasteiger charge is 2.33. The summed E-state index contributed by atoms with van der Waals surface area (Å²) >= 11 is 3.52. The molecule has 0 aromatic heterocycles. The maximum Gasteiger partial charge on any atom is 0.0227 e. The molecule has 0 spiro atoms. The lowest BCUT2D eigenvalue weighted by molar-refractivity contribution is 0.0720. The second-order valence-electron chi connectivity index (χ2n) is 5.26. The van der Waals surface area contributed by atoms with Crippen LogP contribution in [0.15, 0.2) is 28.7 Å². The van der Waals surface area contributed by atoms with Crippen LogP contribution in [0, 0.1) is 5.92 Å². The first kappa shape index (κ1) is 17.3. The average Bonchev–Trinajstić information content (AvgIpc) is 2.38. The van der Waals surface area contributed by atoms with E-state index in [1.165, 1.54) is 42.5 Å².